The van der Waals surface area contributed by atoms with Crippen molar-refractivity contribution in [3.63, 3.8) is 0 Å². The average Bonchev–Trinajstić information content (AvgIpc) is 3.46. The maximum atomic E-state index is 2.47. The van der Waals surface area contributed by atoms with Gasteiger partial charge in [0.25, 0.3) is 0 Å². The van der Waals surface area contributed by atoms with E-state index in [2.05, 4.69) is 93.7 Å². The number of halogens is 2. The summed E-state index contributed by atoms with van der Waals surface area (Å²) in [6.07, 6.45) is 6.51. The van der Waals surface area contributed by atoms with E-state index in [1.165, 1.54) is 53.6 Å². The van der Waals surface area contributed by atoms with Crippen LogP contribution >= 0.6 is 0 Å². The van der Waals surface area contributed by atoms with Gasteiger partial charge in [0.1, 0.15) is 0 Å². The molecule has 1 atom stereocenters. The van der Waals surface area contributed by atoms with E-state index in [0.29, 0.717) is 5.92 Å². The minimum absolute atomic E-state index is 0. The molecule has 0 N–H and O–H groups in total. The van der Waals surface area contributed by atoms with Crippen molar-refractivity contribution < 1.29 is 51.0 Å². The van der Waals surface area contributed by atoms with Gasteiger partial charge >= 0.3 is 26.2 Å². The first kappa shape index (κ1) is 31.3. The first-order valence-corrected chi connectivity index (χ1v) is 13.1. The van der Waals surface area contributed by atoms with Crippen LogP contribution in [0.2, 0.25) is 13.1 Å². The second-order valence-electron chi connectivity index (χ2n) is 8.19. The summed E-state index contributed by atoms with van der Waals surface area (Å²) < 4.78 is 0. The predicted octanol–water partition coefficient (Wildman–Crippen LogP) is 2.30. The topological polar surface area (TPSA) is 0 Å². The number of aryl methyl sites for hydroxylation is 2. The molecule has 1 aliphatic rings. The van der Waals surface area contributed by atoms with Crippen LogP contribution in [0.1, 0.15) is 55.7 Å². The molecule has 0 saturated heterocycles. The Bertz CT molecular complexity index is 1000. The Kier molecular flexibility index (Phi) is 15.7. The van der Waals surface area contributed by atoms with Crippen molar-refractivity contribution in [3.05, 3.63) is 83.4 Å². The first-order valence-electron chi connectivity index (χ1n) is 11.1. The summed E-state index contributed by atoms with van der Waals surface area (Å²) in [5, 5.41) is 5.64. The van der Waals surface area contributed by atoms with Crippen molar-refractivity contribution in [2.75, 3.05) is 0 Å². The van der Waals surface area contributed by atoms with E-state index in [1.807, 2.05) is 0 Å². The van der Waals surface area contributed by atoms with Crippen molar-refractivity contribution in [1.82, 2.24) is 0 Å². The molecule has 32 heavy (non-hydrogen) atoms. The first-order chi connectivity index (χ1) is 14.2. The zero-order valence-electron chi connectivity index (χ0n) is 19.7. The van der Waals surface area contributed by atoms with Crippen molar-refractivity contribution in [3.8, 4) is 0 Å². The van der Waals surface area contributed by atoms with Gasteiger partial charge in [-0.05, 0) is 19.3 Å². The average molecular weight is 561 g/mol. The van der Waals surface area contributed by atoms with Crippen molar-refractivity contribution >= 4 is 31.1 Å². The molecule has 4 aromatic rings. The fourth-order valence-electron chi connectivity index (χ4n) is 4.39. The summed E-state index contributed by atoms with van der Waals surface area (Å²) >= 11 is 0. The monoisotopic (exact) mass is 558 g/mol. The molecule has 0 spiro atoms. The summed E-state index contributed by atoms with van der Waals surface area (Å²) in [5.41, 5.74) is 4.77. The third-order valence-corrected chi connectivity index (χ3v) is 5.82. The van der Waals surface area contributed by atoms with Crippen LogP contribution in [0.4, 0.5) is 0 Å². The van der Waals surface area contributed by atoms with Gasteiger partial charge in [0.15, 0.2) is 0 Å². The molecule has 0 aromatic heterocycles. The van der Waals surface area contributed by atoms with E-state index in [4.69, 9.17) is 0 Å². The molecule has 0 amide bonds. The molecule has 0 aliphatic heterocycles. The molecule has 0 heterocycles. The second-order valence-corrected chi connectivity index (χ2v) is 9.19. The number of fused-ring (bicyclic) bond motifs is 3. The smallest absolute Gasteiger partial charge is 1.00 e. The largest absolute Gasteiger partial charge is 4.00 e. The Hall–Kier alpha value is -0.660. The SMILES string of the molecule is CCCC(C)c1c[cH-]c2cc3c(cc12)CCC3.C[Si]C.[Cl-].[Cl-].[Zr+4].c1ccc2[cH-]ccc2c1. The molecule has 0 saturated carbocycles. The van der Waals surface area contributed by atoms with Gasteiger partial charge in [-0.15, -0.1) is 64.7 Å². The van der Waals surface area contributed by atoms with Gasteiger partial charge in [-0.3, -0.25) is 0 Å². The molecular weight excluding hydrogens is 527 g/mol. The van der Waals surface area contributed by atoms with Crippen LogP contribution in [0.25, 0.3) is 21.5 Å². The standard InChI is InChI=1S/C17H21.C9H7.C2H6Si.2ClH.Zr/c1-3-5-12(2)16-9-8-15-10-13-6-4-7-14(13)11-17(15)16;1-2-5-9-7-3-6-8(9)4-1;1-3-2;;;/h8-12H,3-7H2,1-2H3;1-7H;1-2H3;2*1H;/q2*-1;;;;+4/p-2. The maximum absolute atomic E-state index is 2.47. The van der Waals surface area contributed by atoms with Gasteiger partial charge in [-0.1, -0.05) is 62.9 Å². The molecule has 0 nitrogen and oxygen atoms in total. The van der Waals surface area contributed by atoms with E-state index in [1.54, 1.807) is 16.7 Å². The number of benzene rings is 2. The third-order valence-electron chi connectivity index (χ3n) is 5.82. The van der Waals surface area contributed by atoms with Gasteiger partial charge in [0, 0.05) is 9.52 Å². The van der Waals surface area contributed by atoms with Crippen LogP contribution in [0.3, 0.4) is 0 Å². The number of rotatable bonds is 3. The van der Waals surface area contributed by atoms with Gasteiger partial charge in [0.05, 0.1) is 0 Å². The van der Waals surface area contributed by atoms with Crippen LogP contribution in [0, 0.1) is 0 Å². The van der Waals surface area contributed by atoms with Crippen molar-refractivity contribution in [2.45, 2.75) is 65.0 Å². The van der Waals surface area contributed by atoms with Crippen LogP contribution < -0.4 is 24.8 Å². The molecule has 0 fully saturated rings. The summed E-state index contributed by atoms with van der Waals surface area (Å²) in [5.74, 6) is 0.706. The van der Waals surface area contributed by atoms with Crippen LogP contribution in [0.15, 0.2) is 66.7 Å². The van der Waals surface area contributed by atoms with E-state index < -0.39 is 0 Å². The summed E-state index contributed by atoms with van der Waals surface area (Å²) in [7, 11) is 1.08. The fourth-order valence-corrected chi connectivity index (χ4v) is 4.39. The Morgan fingerprint density at radius 1 is 0.938 bits per heavy atom. The number of hydrogen-bond donors (Lipinski definition) is 0. The quantitative estimate of drug-likeness (QED) is 0.267. The molecule has 1 unspecified atom stereocenters. The van der Waals surface area contributed by atoms with Crippen LogP contribution in [-0.2, 0) is 39.0 Å². The molecule has 1 aliphatic carbocycles. The maximum Gasteiger partial charge on any atom is 4.00 e. The zero-order chi connectivity index (χ0) is 20.6. The van der Waals surface area contributed by atoms with Gasteiger partial charge in [-0.2, -0.15) is 23.1 Å². The Labute approximate surface area is 229 Å². The minimum Gasteiger partial charge on any atom is -1.00 e. The number of hydrogen-bond acceptors (Lipinski definition) is 0. The van der Waals surface area contributed by atoms with E-state index in [9.17, 15) is 0 Å². The predicted molar refractivity (Wildman–Crippen MR) is 132 cm³/mol. The Morgan fingerprint density at radius 2 is 1.59 bits per heavy atom. The van der Waals surface area contributed by atoms with Gasteiger partial charge < -0.3 is 24.8 Å². The molecule has 4 heteroatoms. The molecule has 168 valence electrons. The van der Waals surface area contributed by atoms with Crippen LogP contribution in [0.5, 0.6) is 0 Å². The molecule has 0 bridgehead atoms. The third kappa shape index (κ3) is 7.98. The van der Waals surface area contributed by atoms with E-state index >= 15 is 0 Å². The van der Waals surface area contributed by atoms with Crippen LogP contribution in [-0.4, -0.2) is 9.52 Å². The molecule has 4 aromatic carbocycles. The summed E-state index contributed by atoms with van der Waals surface area (Å²) in [6.45, 7) is 8.95. The van der Waals surface area contributed by atoms with Crippen molar-refractivity contribution in [1.29, 1.82) is 0 Å². The molecule has 5 rings (SSSR count). The van der Waals surface area contributed by atoms with Crippen molar-refractivity contribution in [2.24, 2.45) is 0 Å². The minimum atomic E-state index is 0. The fraction of sp³-hybridized carbons (Fsp3) is 0.357. The zero-order valence-corrected chi connectivity index (χ0v) is 24.7. The molecule has 2 radical (unpaired) electrons. The Morgan fingerprint density at radius 3 is 2.25 bits per heavy atom. The van der Waals surface area contributed by atoms with Gasteiger partial charge in [-0.25, -0.2) is 0 Å². The molecular formula is C28H34Cl2SiZr. The normalized spacial score (nSPS) is 12.1. The van der Waals surface area contributed by atoms with E-state index in [0.717, 1.165) is 9.52 Å². The summed E-state index contributed by atoms with van der Waals surface area (Å²) in [6, 6.07) is 24.2. The Balaban J connectivity index is 0.000000549. The summed E-state index contributed by atoms with van der Waals surface area (Å²) in [4.78, 5) is 0. The van der Waals surface area contributed by atoms with Gasteiger partial charge in [0.2, 0.25) is 0 Å². The van der Waals surface area contributed by atoms with E-state index in [-0.39, 0.29) is 51.0 Å². The second kappa shape index (κ2) is 16.0.